The van der Waals surface area contributed by atoms with Gasteiger partial charge in [0.15, 0.2) is 6.29 Å². The highest BCUT2D eigenvalue weighted by Crippen LogP contribution is 2.21. The van der Waals surface area contributed by atoms with Gasteiger partial charge in [-0.1, -0.05) is 0 Å². The lowest BCUT2D eigenvalue weighted by atomic mass is 10.0. The molecule has 1 N–H and O–H groups in total. The zero-order valence-corrected chi connectivity index (χ0v) is 10.8. The van der Waals surface area contributed by atoms with Crippen LogP contribution in [0.25, 0.3) is 0 Å². The molecule has 0 amide bonds. The molecule has 0 saturated carbocycles. The molecule has 17 heavy (non-hydrogen) atoms. The van der Waals surface area contributed by atoms with E-state index < -0.39 is 6.10 Å². The zero-order valence-electron chi connectivity index (χ0n) is 10.8. The van der Waals surface area contributed by atoms with Crippen LogP contribution in [-0.2, 0) is 18.9 Å². The smallest absolute Gasteiger partial charge is 0.158 e. The largest absolute Gasteiger partial charge is 0.391 e. The maximum atomic E-state index is 9.09. The Balaban J connectivity index is 2.10. The topological polar surface area (TPSA) is 57.2 Å². The van der Waals surface area contributed by atoms with Gasteiger partial charge in [0.05, 0.1) is 32.5 Å². The van der Waals surface area contributed by atoms with Crippen LogP contribution < -0.4 is 0 Å². The van der Waals surface area contributed by atoms with Crippen LogP contribution in [0, 0.1) is 5.92 Å². The van der Waals surface area contributed by atoms with Crippen molar-refractivity contribution < 1.29 is 24.1 Å². The number of rotatable bonds is 8. The quantitative estimate of drug-likeness (QED) is 0.644. The van der Waals surface area contributed by atoms with E-state index in [0.717, 1.165) is 12.8 Å². The second-order valence-electron chi connectivity index (χ2n) is 4.44. The Kier molecular flexibility index (Phi) is 7.72. The summed E-state index contributed by atoms with van der Waals surface area (Å²) in [6, 6.07) is 0. The normalized spacial score (nSPS) is 27.0. The molecule has 1 fully saturated rings. The number of aliphatic hydroxyl groups excluding tert-OH is 1. The first-order chi connectivity index (χ1) is 8.22. The van der Waals surface area contributed by atoms with Gasteiger partial charge in [-0.2, -0.15) is 0 Å². The molecule has 0 aromatic rings. The van der Waals surface area contributed by atoms with Crippen LogP contribution in [0.4, 0.5) is 0 Å². The standard InChI is InChI=1S/C12H24O5/c1-10(13)8-15-9-11-3-4-16-12(7-11)17-6-5-14-2/h10-13H,3-9H2,1-2H3. The summed E-state index contributed by atoms with van der Waals surface area (Å²) in [6.45, 7) is 4.64. The van der Waals surface area contributed by atoms with Gasteiger partial charge in [0.1, 0.15) is 0 Å². The Labute approximate surface area is 103 Å². The van der Waals surface area contributed by atoms with E-state index in [1.54, 1.807) is 14.0 Å². The van der Waals surface area contributed by atoms with Gasteiger partial charge in [0, 0.05) is 20.1 Å². The molecule has 3 unspecified atom stereocenters. The maximum absolute atomic E-state index is 9.09. The monoisotopic (exact) mass is 248 g/mol. The van der Waals surface area contributed by atoms with E-state index >= 15 is 0 Å². The molecular weight excluding hydrogens is 224 g/mol. The first-order valence-electron chi connectivity index (χ1n) is 6.20. The number of aliphatic hydroxyl groups is 1. The molecule has 3 atom stereocenters. The van der Waals surface area contributed by atoms with Crippen molar-refractivity contribution in [3.8, 4) is 0 Å². The van der Waals surface area contributed by atoms with E-state index in [0.29, 0.717) is 39.0 Å². The highest BCUT2D eigenvalue weighted by molar-refractivity contribution is 4.66. The zero-order chi connectivity index (χ0) is 12.5. The van der Waals surface area contributed by atoms with E-state index in [9.17, 15) is 0 Å². The summed E-state index contributed by atoms with van der Waals surface area (Å²) < 4.78 is 21.4. The summed E-state index contributed by atoms with van der Waals surface area (Å²) in [5.74, 6) is 0.454. The van der Waals surface area contributed by atoms with Crippen LogP contribution in [0.5, 0.6) is 0 Å². The van der Waals surface area contributed by atoms with Crippen molar-refractivity contribution in [1.29, 1.82) is 0 Å². The third-order valence-electron chi connectivity index (χ3n) is 2.66. The van der Waals surface area contributed by atoms with Gasteiger partial charge in [0.2, 0.25) is 0 Å². The minimum atomic E-state index is -0.399. The molecule has 1 heterocycles. The predicted molar refractivity (Wildman–Crippen MR) is 62.8 cm³/mol. The van der Waals surface area contributed by atoms with Crippen molar-refractivity contribution in [3.63, 3.8) is 0 Å². The van der Waals surface area contributed by atoms with Gasteiger partial charge in [-0.3, -0.25) is 0 Å². The van der Waals surface area contributed by atoms with Gasteiger partial charge >= 0.3 is 0 Å². The van der Waals surface area contributed by atoms with Crippen LogP contribution in [-0.4, -0.2) is 57.6 Å². The van der Waals surface area contributed by atoms with E-state index in [2.05, 4.69) is 0 Å². The number of hydrogen-bond acceptors (Lipinski definition) is 5. The van der Waals surface area contributed by atoms with Crippen LogP contribution in [0.1, 0.15) is 19.8 Å². The second kappa shape index (κ2) is 8.83. The van der Waals surface area contributed by atoms with Crippen molar-refractivity contribution in [3.05, 3.63) is 0 Å². The summed E-state index contributed by atoms with van der Waals surface area (Å²) in [5.41, 5.74) is 0. The van der Waals surface area contributed by atoms with Gasteiger partial charge in [-0.15, -0.1) is 0 Å². The fraction of sp³-hybridized carbons (Fsp3) is 1.00. The lowest BCUT2D eigenvalue weighted by Crippen LogP contribution is -2.31. The molecule has 0 bridgehead atoms. The van der Waals surface area contributed by atoms with E-state index in [-0.39, 0.29) is 6.29 Å². The van der Waals surface area contributed by atoms with Gasteiger partial charge in [0.25, 0.3) is 0 Å². The Bertz CT molecular complexity index is 186. The van der Waals surface area contributed by atoms with Crippen molar-refractivity contribution in [2.24, 2.45) is 5.92 Å². The lowest BCUT2D eigenvalue weighted by Gasteiger charge is -2.29. The SMILES string of the molecule is COCCOC1CC(COCC(C)O)CCO1. The highest BCUT2D eigenvalue weighted by Gasteiger charge is 2.23. The third-order valence-corrected chi connectivity index (χ3v) is 2.66. The molecule has 0 radical (unpaired) electrons. The molecule has 5 nitrogen and oxygen atoms in total. The van der Waals surface area contributed by atoms with Crippen LogP contribution >= 0.6 is 0 Å². The molecule has 0 spiro atoms. The van der Waals surface area contributed by atoms with Gasteiger partial charge in [-0.05, 0) is 19.3 Å². The summed E-state index contributed by atoms with van der Waals surface area (Å²) in [4.78, 5) is 0. The molecule has 102 valence electrons. The van der Waals surface area contributed by atoms with E-state index in [1.165, 1.54) is 0 Å². The van der Waals surface area contributed by atoms with Crippen molar-refractivity contribution in [2.45, 2.75) is 32.2 Å². The first kappa shape index (κ1) is 14.9. The number of ether oxygens (including phenoxy) is 4. The average Bonchev–Trinajstić information content (AvgIpc) is 2.29. The van der Waals surface area contributed by atoms with Crippen molar-refractivity contribution >= 4 is 0 Å². The summed E-state index contributed by atoms with van der Waals surface area (Å²) in [6.07, 6.45) is 1.30. The number of methoxy groups -OCH3 is 1. The Morgan fingerprint density at radius 2 is 2.24 bits per heavy atom. The molecular formula is C12H24O5. The molecule has 1 rings (SSSR count). The molecule has 1 aliphatic heterocycles. The van der Waals surface area contributed by atoms with E-state index in [1.807, 2.05) is 0 Å². The minimum absolute atomic E-state index is 0.140. The van der Waals surface area contributed by atoms with E-state index in [4.69, 9.17) is 24.1 Å². The van der Waals surface area contributed by atoms with Crippen LogP contribution in [0.3, 0.4) is 0 Å². The first-order valence-corrected chi connectivity index (χ1v) is 6.20. The lowest BCUT2D eigenvalue weighted by molar-refractivity contribution is -0.184. The minimum Gasteiger partial charge on any atom is -0.391 e. The molecule has 1 saturated heterocycles. The van der Waals surface area contributed by atoms with Crippen molar-refractivity contribution in [2.75, 3.05) is 40.1 Å². The van der Waals surface area contributed by atoms with Crippen LogP contribution in [0.2, 0.25) is 0 Å². The Morgan fingerprint density at radius 1 is 1.41 bits per heavy atom. The fourth-order valence-corrected chi connectivity index (χ4v) is 1.76. The second-order valence-corrected chi connectivity index (χ2v) is 4.44. The Hall–Kier alpha value is -0.200. The molecule has 0 aromatic heterocycles. The summed E-state index contributed by atoms with van der Waals surface area (Å²) >= 11 is 0. The summed E-state index contributed by atoms with van der Waals surface area (Å²) in [5, 5.41) is 9.09. The Morgan fingerprint density at radius 3 is 2.94 bits per heavy atom. The highest BCUT2D eigenvalue weighted by atomic mass is 16.7. The van der Waals surface area contributed by atoms with Gasteiger partial charge in [-0.25, -0.2) is 0 Å². The molecule has 0 aromatic carbocycles. The fourth-order valence-electron chi connectivity index (χ4n) is 1.76. The average molecular weight is 248 g/mol. The molecule has 5 heteroatoms. The van der Waals surface area contributed by atoms with Gasteiger partial charge < -0.3 is 24.1 Å². The van der Waals surface area contributed by atoms with Crippen molar-refractivity contribution in [1.82, 2.24) is 0 Å². The third kappa shape index (κ3) is 6.95. The molecule has 0 aliphatic carbocycles. The number of hydrogen-bond donors (Lipinski definition) is 1. The predicted octanol–water partition coefficient (Wildman–Crippen LogP) is 0.799. The van der Waals surface area contributed by atoms with Crippen LogP contribution in [0.15, 0.2) is 0 Å². The molecule has 1 aliphatic rings. The summed E-state index contributed by atoms with van der Waals surface area (Å²) in [7, 11) is 1.65. The maximum Gasteiger partial charge on any atom is 0.158 e.